The van der Waals surface area contributed by atoms with Crippen LogP contribution in [0.4, 0.5) is 0 Å². The molecule has 5 rings (SSSR count). The van der Waals surface area contributed by atoms with E-state index in [2.05, 4.69) is 122 Å². The highest BCUT2D eigenvalue weighted by atomic mass is 16.2. The zero-order chi connectivity index (χ0) is 27.2. The molecule has 4 aromatic rings. The minimum absolute atomic E-state index is 0.0628. The Morgan fingerprint density at radius 1 is 0.718 bits per heavy atom. The summed E-state index contributed by atoms with van der Waals surface area (Å²) in [5.41, 5.74) is 7.01. The van der Waals surface area contributed by atoms with E-state index in [9.17, 15) is 4.79 Å². The number of hydrogen-bond donors (Lipinski definition) is 0. The molecule has 0 N–H and O–H groups in total. The number of nitrogens with zero attached hydrogens (tertiary/aromatic N) is 2. The number of piperidine rings is 1. The molecule has 0 bridgehead atoms. The highest BCUT2D eigenvalue weighted by Gasteiger charge is 2.29. The fourth-order valence-electron chi connectivity index (χ4n) is 5.51. The van der Waals surface area contributed by atoms with E-state index in [4.69, 9.17) is 0 Å². The summed E-state index contributed by atoms with van der Waals surface area (Å²) in [6.07, 6.45) is 1.97. The molecule has 39 heavy (non-hydrogen) atoms. The van der Waals surface area contributed by atoms with Crippen molar-refractivity contribution in [3.8, 4) is 11.1 Å². The molecule has 1 fully saturated rings. The molecule has 1 heterocycles. The first kappa shape index (κ1) is 26.9. The van der Waals surface area contributed by atoms with Crippen LogP contribution < -0.4 is 0 Å². The van der Waals surface area contributed by atoms with Crippen molar-refractivity contribution in [1.82, 2.24) is 9.80 Å². The largest absolute Gasteiger partial charge is 0.331 e. The molecule has 0 aliphatic carbocycles. The quantitative estimate of drug-likeness (QED) is 0.249. The highest BCUT2D eigenvalue weighted by molar-refractivity contribution is 5.94. The minimum atomic E-state index is 0.0628. The Morgan fingerprint density at radius 2 is 1.28 bits per heavy atom. The van der Waals surface area contributed by atoms with E-state index in [1.165, 1.54) is 27.8 Å². The second-order valence-corrected chi connectivity index (χ2v) is 11.8. The van der Waals surface area contributed by atoms with Crippen LogP contribution in [0.2, 0.25) is 0 Å². The van der Waals surface area contributed by atoms with Gasteiger partial charge in [-0.2, -0.15) is 0 Å². The van der Waals surface area contributed by atoms with E-state index in [0.29, 0.717) is 6.54 Å². The number of likely N-dealkylation sites (tertiary alicyclic amines) is 1. The van der Waals surface area contributed by atoms with Crippen LogP contribution in [0, 0.1) is 0 Å². The van der Waals surface area contributed by atoms with Gasteiger partial charge in [-0.3, -0.25) is 9.69 Å². The van der Waals surface area contributed by atoms with Gasteiger partial charge in [0.15, 0.2) is 0 Å². The second kappa shape index (κ2) is 12.0. The molecule has 0 atom stereocenters. The van der Waals surface area contributed by atoms with Gasteiger partial charge in [-0.15, -0.1) is 0 Å². The van der Waals surface area contributed by atoms with Crippen molar-refractivity contribution >= 4 is 5.91 Å². The van der Waals surface area contributed by atoms with E-state index in [1.807, 2.05) is 18.2 Å². The fourth-order valence-corrected chi connectivity index (χ4v) is 5.51. The predicted molar refractivity (Wildman–Crippen MR) is 162 cm³/mol. The van der Waals surface area contributed by atoms with Gasteiger partial charge < -0.3 is 4.90 Å². The van der Waals surface area contributed by atoms with Crippen LogP contribution in [0.25, 0.3) is 11.1 Å². The van der Waals surface area contributed by atoms with Crippen molar-refractivity contribution in [3.05, 3.63) is 131 Å². The molecule has 4 aromatic carbocycles. The van der Waals surface area contributed by atoms with Gasteiger partial charge in [0.1, 0.15) is 0 Å². The summed E-state index contributed by atoms with van der Waals surface area (Å²) in [7, 11) is 0. The summed E-state index contributed by atoms with van der Waals surface area (Å²) in [4.78, 5) is 18.6. The Labute approximate surface area is 234 Å². The predicted octanol–water partition coefficient (Wildman–Crippen LogP) is 7.96. The minimum Gasteiger partial charge on any atom is -0.331 e. The number of carbonyl (C=O) groups is 1. The van der Waals surface area contributed by atoms with Crippen LogP contribution in [-0.2, 0) is 18.5 Å². The lowest BCUT2D eigenvalue weighted by molar-refractivity contribution is 0.0543. The number of hydrogen-bond acceptors (Lipinski definition) is 2. The SMILES string of the molecule is CC(C)(C)c1ccc(C(=O)N(Cc2ccc(-c3ccccc3)cc2)C2CCN(Cc3ccccc3)CC2)cc1. The van der Waals surface area contributed by atoms with Crippen molar-refractivity contribution in [2.45, 2.75) is 58.2 Å². The van der Waals surface area contributed by atoms with Crippen molar-refractivity contribution in [3.63, 3.8) is 0 Å². The van der Waals surface area contributed by atoms with Crippen molar-refractivity contribution in [2.75, 3.05) is 13.1 Å². The molecule has 0 aromatic heterocycles. The Morgan fingerprint density at radius 3 is 1.87 bits per heavy atom. The molecule has 3 heteroatoms. The van der Waals surface area contributed by atoms with Gasteiger partial charge in [0.05, 0.1) is 0 Å². The lowest BCUT2D eigenvalue weighted by Crippen LogP contribution is -2.46. The first-order valence-corrected chi connectivity index (χ1v) is 14.2. The topological polar surface area (TPSA) is 23.6 Å². The fraction of sp³-hybridized carbons (Fsp3) is 0.306. The third-order valence-corrected chi connectivity index (χ3v) is 7.92. The van der Waals surface area contributed by atoms with Gasteiger partial charge >= 0.3 is 0 Å². The average molecular weight is 517 g/mol. The molecule has 3 nitrogen and oxygen atoms in total. The van der Waals surface area contributed by atoms with Crippen LogP contribution in [0.15, 0.2) is 109 Å². The standard InChI is InChI=1S/C36H40N2O/c1-36(2,3)33-20-18-32(19-21-33)35(39)38(27-29-14-16-31(17-15-29)30-12-8-5-9-13-30)34-22-24-37(25-23-34)26-28-10-6-4-7-11-28/h4-21,34H,22-27H2,1-3H3. The highest BCUT2D eigenvalue weighted by Crippen LogP contribution is 2.26. The van der Waals surface area contributed by atoms with Gasteiger partial charge in [-0.05, 0) is 58.2 Å². The smallest absolute Gasteiger partial charge is 0.254 e. The summed E-state index contributed by atoms with van der Waals surface area (Å²) in [5.74, 6) is 0.129. The van der Waals surface area contributed by atoms with Crippen LogP contribution in [0.5, 0.6) is 0 Å². The van der Waals surface area contributed by atoms with Crippen LogP contribution in [0.1, 0.15) is 60.7 Å². The van der Waals surface area contributed by atoms with Gasteiger partial charge in [0, 0.05) is 37.8 Å². The number of benzene rings is 4. The number of rotatable bonds is 7. The lowest BCUT2D eigenvalue weighted by Gasteiger charge is -2.39. The van der Waals surface area contributed by atoms with Crippen LogP contribution in [-0.4, -0.2) is 34.8 Å². The van der Waals surface area contributed by atoms with Gasteiger partial charge in [-0.1, -0.05) is 118 Å². The molecule has 0 unspecified atom stereocenters. The molecule has 1 saturated heterocycles. The number of amides is 1. The van der Waals surface area contributed by atoms with E-state index in [1.54, 1.807) is 0 Å². The van der Waals surface area contributed by atoms with Gasteiger partial charge in [-0.25, -0.2) is 0 Å². The normalized spacial score (nSPS) is 14.7. The maximum atomic E-state index is 14.0. The van der Waals surface area contributed by atoms with Gasteiger partial charge in [0.2, 0.25) is 0 Å². The molecule has 200 valence electrons. The molecule has 1 amide bonds. The Balaban J connectivity index is 1.34. The van der Waals surface area contributed by atoms with Crippen molar-refractivity contribution in [2.24, 2.45) is 0 Å². The summed E-state index contributed by atoms with van der Waals surface area (Å²) >= 11 is 0. The van der Waals surface area contributed by atoms with E-state index >= 15 is 0 Å². The molecular formula is C36H40N2O. The Hall–Kier alpha value is -3.69. The molecule has 0 saturated carbocycles. The van der Waals surface area contributed by atoms with Crippen molar-refractivity contribution in [1.29, 1.82) is 0 Å². The summed E-state index contributed by atoms with van der Waals surface area (Å²) < 4.78 is 0. The monoisotopic (exact) mass is 516 g/mol. The van der Waals surface area contributed by atoms with Crippen molar-refractivity contribution < 1.29 is 4.79 Å². The van der Waals surface area contributed by atoms with Crippen LogP contribution >= 0.6 is 0 Å². The summed E-state index contributed by atoms with van der Waals surface area (Å²) in [6.45, 7) is 10.2. The summed E-state index contributed by atoms with van der Waals surface area (Å²) in [5, 5.41) is 0. The average Bonchev–Trinajstić information content (AvgIpc) is 2.97. The second-order valence-electron chi connectivity index (χ2n) is 11.8. The van der Waals surface area contributed by atoms with E-state index < -0.39 is 0 Å². The molecule has 1 aliphatic rings. The summed E-state index contributed by atoms with van der Waals surface area (Å²) in [6, 6.07) is 38.3. The van der Waals surface area contributed by atoms with E-state index in [0.717, 1.165) is 38.0 Å². The third-order valence-electron chi connectivity index (χ3n) is 7.92. The Bertz CT molecular complexity index is 1330. The van der Waals surface area contributed by atoms with Gasteiger partial charge in [0.25, 0.3) is 5.91 Å². The Kier molecular flexibility index (Phi) is 8.28. The first-order chi connectivity index (χ1) is 18.9. The maximum Gasteiger partial charge on any atom is 0.254 e. The number of carbonyl (C=O) groups excluding carboxylic acids is 1. The van der Waals surface area contributed by atoms with E-state index in [-0.39, 0.29) is 17.4 Å². The molecule has 0 radical (unpaired) electrons. The van der Waals surface area contributed by atoms with Crippen LogP contribution in [0.3, 0.4) is 0 Å². The zero-order valence-corrected chi connectivity index (χ0v) is 23.5. The maximum absolute atomic E-state index is 14.0. The molecule has 0 spiro atoms. The third kappa shape index (κ3) is 6.85. The molecule has 1 aliphatic heterocycles. The molecular weight excluding hydrogens is 476 g/mol. The first-order valence-electron chi connectivity index (χ1n) is 14.2. The lowest BCUT2D eigenvalue weighted by atomic mass is 9.86. The zero-order valence-electron chi connectivity index (χ0n) is 23.5.